The molecule has 5 nitrogen and oxygen atoms in total. The molecule has 0 fully saturated rings. The number of ether oxygens (including phenoxy) is 1. The van der Waals surface area contributed by atoms with E-state index in [2.05, 4.69) is 5.32 Å². The summed E-state index contributed by atoms with van der Waals surface area (Å²) < 4.78 is 9.93. The molecule has 0 aliphatic carbocycles. The molecule has 0 radical (unpaired) electrons. The van der Waals surface area contributed by atoms with E-state index in [4.69, 9.17) is 14.3 Å². The Morgan fingerprint density at radius 2 is 2.50 bits per heavy atom. The van der Waals surface area contributed by atoms with Gasteiger partial charge in [0.25, 0.3) is 0 Å². The van der Waals surface area contributed by atoms with Crippen LogP contribution in [-0.2, 0) is 0 Å². The second-order valence-electron chi connectivity index (χ2n) is 2.38. The van der Waals surface area contributed by atoms with E-state index in [0.717, 1.165) is 0 Å². The van der Waals surface area contributed by atoms with Gasteiger partial charge in [-0.1, -0.05) is 0 Å². The summed E-state index contributed by atoms with van der Waals surface area (Å²) in [6, 6.07) is 0. The average Bonchev–Trinajstić information content (AvgIpc) is 2.47. The molecule has 1 aliphatic rings. The van der Waals surface area contributed by atoms with Gasteiger partial charge in [0, 0.05) is 6.54 Å². The molecule has 0 amide bonds. The fraction of sp³-hybridized carbons (Fsp3) is 0.286. The van der Waals surface area contributed by atoms with Gasteiger partial charge in [-0.2, -0.15) is 0 Å². The van der Waals surface area contributed by atoms with Crippen LogP contribution in [0, 0.1) is 0 Å². The first-order valence-corrected chi connectivity index (χ1v) is 3.50. The van der Waals surface area contributed by atoms with Crippen LogP contribution in [0.5, 0.6) is 5.75 Å². The summed E-state index contributed by atoms with van der Waals surface area (Å²) in [5, 5.41) is 11.5. The second kappa shape index (κ2) is 2.44. The molecular formula is C7H7NO4. The number of carboxylic acid groups (broad SMARTS) is 1. The minimum atomic E-state index is -1.09. The summed E-state index contributed by atoms with van der Waals surface area (Å²) in [6.07, 6.45) is 1.30. The zero-order valence-electron chi connectivity index (χ0n) is 6.16. The van der Waals surface area contributed by atoms with Crippen molar-refractivity contribution in [3.05, 3.63) is 12.0 Å². The van der Waals surface area contributed by atoms with Gasteiger partial charge in [-0.05, 0) is 0 Å². The molecule has 0 unspecified atom stereocenters. The lowest BCUT2D eigenvalue weighted by atomic mass is 10.3. The van der Waals surface area contributed by atoms with E-state index in [1.165, 1.54) is 6.26 Å². The van der Waals surface area contributed by atoms with Crippen molar-refractivity contribution in [1.29, 1.82) is 0 Å². The van der Waals surface area contributed by atoms with Gasteiger partial charge in [0.05, 0.1) is 0 Å². The van der Waals surface area contributed by atoms with E-state index in [9.17, 15) is 4.79 Å². The van der Waals surface area contributed by atoms with Crippen LogP contribution in [-0.4, -0.2) is 24.2 Å². The molecule has 5 heteroatoms. The maximum absolute atomic E-state index is 10.5. The maximum Gasteiger partial charge on any atom is 0.374 e. The van der Waals surface area contributed by atoms with Crippen molar-refractivity contribution in [2.24, 2.45) is 0 Å². The number of hydrogen-bond acceptors (Lipinski definition) is 4. The van der Waals surface area contributed by atoms with E-state index in [-0.39, 0.29) is 5.76 Å². The molecule has 0 bridgehead atoms. The predicted molar refractivity (Wildman–Crippen MR) is 39.7 cm³/mol. The molecule has 12 heavy (non-hydrogen) atoms. The Balaban J connectivity index is 2.44. The van der Waals surface area contributed by atoms with Crippen molar-refractivity contribution in [2.75, 3.05) is 18.5 Å². The van der Waals surface area contributed by atoms with Gasteiger partial charge < -0.3 is 19.6 Å². The van der Waals surface area contributed by atoms with Gasteiger partial charge in [-0.25, -0.2) is 4.79 Å². The standard InChI is InChI=1S/C7H7NO4/c9-7(10)6-5-4(3-12-6)11-2-1-8-5/h3,8H,1-2H2,(H,9,10). The van der Waals surface area contributed by atoms with Gasteiger partial charge in [0.2, 0.25) is 5.76 Å². The average molecular weight is 169 g/mol. The quantitative estimate of drug-likeness (QED) is 0.650. The monoisotopic (exact) mass is 169 g/mol. The van der Waals surface area contributed by atoms with Gasteiger partial charge >= 0.3 is 5.97 Å². The Morgan fingerprint density at radius 1 is 1.67 bits per heavy atom. The third-order valence-electron chi connectivity index (χ3n) is 1.61. The fourth-order valence-corrected chi connectivity index (χ4v) is 1.11. The maximum atomic E-state index is 10.5. The molecule has 0 atom stereocenters. The van der Waals surface area contributed by atoms with Crippen LogP contribution in [0.2, 0.25) is 0 Å². The molecule has 2 rings (SSSR count). The normalized spacial score (nSPS) is 14.3. The van der Waals surface area contributed by atoms with Crippen molar-refractivity contribution in [2.45, 2.75) is 0 Å². The molecule has 1 aliphatic heterocycles. The Hall–Kier alpha value is -1.65. The minimum absolute atomic E-state index is 0.0929. The smallest absolute Gasteiger partial charge is 0.374 e. The molecule has 0 saturated carbocycles. The first kappa shape index (κ1) is 7.02. The highest BCUT2D eigenvalue weighted by molar-refractivity contribution is 5.93. The van der Waals surface area contributed by atoms with Crippen LogP contribution in [0.25, 0.3) is 0 Å². The number of hydrogen-bond donors (Lipinski definition) is 2. The zero-order valence-corrected chi connectivity index (χ0v) is 6.16. The van der Waals surface area contributed by atoms with E-state index in [0.29, 0.717) is 24.6 Å². The van der Waals surface area contributed by atoms with Crippen molar-refractivity contribution >= 4 is 11.7 Å². The van der Waals surface area contributed by atoms with Crippen LogP contribution in [0.15, 0.2) is 10.7 Å². The molecular weight excluding hydrogens is 162 g/mol. The summed E-state index contributed by atoms with van der Waals surface area (Å²) in [5.74, 6) is -0.711. The number of fused-ring (bicyclic) bond motifs is 1. The number of nitrogens with one attached hydrogen (secondary N) is 1. The molecule has 0 saturated heterocycles. The van der Waals surface area contributed by atoms with E-state index >= 15 is 0 Å². The number of carbonyl (C=O) groups is 1. The lowest BCUT2D eigenvalue weighted by molar-refractivity contribution is 0.0664. The zero-order chi connectivity index (χ0) is 8.55. The number of carboxylic acids is 1. The summed E-state index contributed by atoms with van der Waals surface area (Å²) in [4.78, 5) is 10.5. The third kappa shape index (κ3) is 0.903. The Labute approximate surface area is 67.9 Å². The van der Waals surface area contributed by atoms with Crippen LogP contribution in [0.4, 0.5) is 5.69 Å². The van der Waals surface area contributed by atoms with Crippen molar-refractivity contribution in [3.63, 3.8) is 0 Å². The Morgan fingerprint density at radius 3 is 3.25 bits per heavy atom. The lowest BCUT2D eigenvalue weighted by Gasteiger charge is -2.14. The van der Waals surface area contributed by atoms with Crippen LogP contribution in [0.3, 0.4) is 0 Å². The van der Waals surface area contributed by atoms with Gasteiger partial charge in [0.1, 0.15) is 18.6 Å². The summed E-state index contributed by atoms with van der Waals surface area (Å²) in [6.45, 7) is 1.14. The highest BCUT2D eigenvalue weighted by Gasteiger charge is 2.22. The van der Waals surface area contributed by atoms with Crippen LogP contribution >= 0.6 is 0 Å². The number of furan rings is 1. The molecule has 0 aromatic carbocycles. The van der Waals surface area contributed by atoms with Crippen LogP contribution < -0.4 is 10.1 Å². The first-order valence-electron chi connectivity index (χ1n) is 3.50. The highest BCUT2D eigenvalue weighted by Crippen LogP contribution is 2.32. The Bertz CT molecular complexity index is 317. The summed E-state index contributed by atoms with van der Waals surface area (Å²) in [5.41, 5.74) is 0.439. The molecule has 1 aromatic heterocycles. The van der Waals surface area contributed by atoms with E-state index in [1.54, 1.807) is 0 Å². The fourth-order valence-electron chi connectivity index (χ4n) is 1.11. The number of rotatable bonds is 1. The van der Waals surface area contributed by atoms with Crippen molar-refractivity contribution in [1.82, 2.24) is 0 Å². The van der Waals surface area contributed by atoms with E-state index < -0.39 is 5.97 Å². The SMILES string of the molecule is O=C(O)c1occ2c1NCCO2. The van der Waals surface area contributed by atoms with Crippen molar-refractivity contribution in [3.8, 4) is 5.75 Å². The predicted octanol–water partition coefficient (Wildman–Crippen LogP) is 0.782. The van der Waals surface area contributed by atoms with Crippen LogP contribution in [0.1, 0.15) is 10.6 Å². The summed E-state index contributed by atoms with van der Waals surface area (Å²) >= 11 is 0. The highest BCUT2D eigenvalue weighted by atomic mass is 16.5. The first-order chi connectivity index (χ1) is 5.79. The summed E-state index contributed by atoms with van der Waals surface area (Å²) in [7, 11) is 0. The number of anilines is 1. The topological polar surface area (TPSA) is 71.7 Å². The lowest BCUT2D eigenvalue weighted by Crippen LogP contribution is -2.18. The molecule has 0 spiro atoms. The van der Waals surface area contributed by atoms with E-state index in [1.807, 2.05) is 0 Å². The Kier molecular flexibility index (Phi) is 1.43. The third-order valence-corrected chi connectivity index (χ3v) is 1.61. The number of aromatic carboxylic acids is 1. The molecule has 2 heterocycles. The molecule has 2 N–H and O–H groups in total. The van der Waals surface area contributed by atoms with Gasteiger partial charge in [-0.3, -0.25) is 0 Å². The van der Waals surface area contributed by atoms with Crippen molar-refractivity contribution < 1.29 is 19.1 Å². The van der Waals surface area contributed by atoms with Gasteiger partial charge in [-0.15, -0.1) is 0 Å². The van der Waals surface area contributed by atoms with Gasteiger partial charge in [0.15, 0.2) is 5.75 Å². The molecule has 64 valence electrons. The minimum Gasteiger partial charge on any atom is -0.486 e. The molecule has 1 aromatic rings. The largest absolute Gasteiger partial charge is 0.486 e. The second-order valence-corrected chi connectivity index (χ2v) is 2.38.